The van der Waals surface area contributed by atoms with E-state index in [1.807, 2.05) is 30.3 Å². The summed E-state index contributed by atoms with van der Waals surface area (Å²) in [5.74, 6) is -0.441. The molecule has 3 rings (SSSR count). The Morgan fingerprint density at radius 2 is 2.05 bits per heavy atom. The third-order valence-corrected chi connectivity index (χ3v) is 3.51. The number of halogens is 2. The number of rotatable bonds is 3. The van der Waals surface area contributed by atoms with Crippen LogP contribution in [-0.2, 0) is 6.54 Å². The molecule has 3 nitrogen and oxygen atoms in total. The molecule has 0 spiro atoms. The molecule has 0 aliphatic heterocycles. The van der Waals surface area contributed by atoms with Gasteiger partial charge in [-0.1, -0.05) is 18.2 Å². The highest BCUT2D eigenvalue weighted by atomic mass is 35.5. The van der Waals surface area contributed by atoms with E-state index >= 15 is 0 Å². The van der Waals surface area contributed by atoms with Crippen LogP contribution in [0.5, 0.6) is 0 Å². The van der Waals surface area contributed by atoms with Gasteiger partial charge in [0.15, 0.2) is 5.22 Å². The van der Waals surface area contributed by atoms with Crippen LogP contribution in [0, 0.1) is 17.1 Å². The Hall–Kier alpha value is -2.51. The first kappa shape index (κ1) is 13.5. The molecule has 0 aliphatic rings. The minimum Gasteiger partial charge on any atom is -0.444 e. The first-order valence-electron chi connectivity index (χ1n) is 6.28. The Bertz CT molecular complexity index is 851. The van der Waals surface area contributed by atoms with Crippen LogP contribution in [0.1, 0.15) is 11.1 Å². The second-order valence-corrected chi connectivity index (χ2v) is 4.85. The lowest BCUT2D eigenvalue weighted by atomic mass is 10.1. The quantitative estimate of drug-likeness (QED) is 0.762. The summed E-state index contributed by atoms with van der Waals surface area (Å²) in [6.45, 7) is 0.385. The molecule has 0 atom stereocenters. The van der Waals surface area contributed by atoms with Crippen LogP contribution in [0.4, 0.5) is 10.1 Å². The molecule has 3 aromatic rings. The zero-order chi connectivity index (χ0) is 14.8. The van der Waals surface area contributed by atoms with E-state index in [1.54, 1.807) is 0 Å². The molecule has 0 saturated carbocycles. The monoisotopic (exact) mass is 300 g/mol. The molecule has 0 amide bonds. The topological polar surface area (TPSA) is 49.0 Å². The van der Waals surface area contributed by atoms with Crippen LogP contribution in [0.2, 0.25) is 5.22 Å². The SMILES string of the molecule is N#Cc1cc(F)ccc1NCc1c(Cl)oc2ccccc12. The zero-order valence-electron chi connectivity index (χ0n) is 10.9. The third-order valence-electron chi connectivity index (χ3n) is 3.21. The average Bonchev–Trinajstić information content (AvgIpc) is 2.81. The predicted octanol–water partition coefficient (Wildman–Crippen LogP) is 4.71. The fraction of sp³-hybridized carbons (Fsp3) is 0.0625. The minimum atomic E-state index is -0.441. The Labute approximate surface area is 125 Å². The molecular formula is C16H10ClFN2O. The number of benzene rings is 2. The Kier molecular flexibility index (Phi) is 3.51. The fourth-order valence-corrected chi connectivity index (χ4v) is 2.43. The van der Waals surface area contributed by atoms with Gasteiger partial charge in [-0.05, 0) is 35.9 Å². The number of nitriles is 1. The Balaban J connectivity index is 1.91. The number of anilines is 1. The van der Waals surface area contributed by atoms with Gasteiger partial charge in [0, 0.05) is 17.5 Å². The average molecular weight is 301 g/mol. The molecule has 21 heavy (non-hydrogen) atoms. The van der Waals surface area contributed by atoms with Crippen molar-refractivity contribution in [3.63, 3.8) is 0 Å². The van der Waals surface area contributed by atoms with E-state index in [4.69, 9.17) is 21.3 Å². The highest BCUT2D eigenvalue weighted by Crippen LogP contribution is 2.30. The summed E-state index contributed by atoms with van der Waals surface area (Å²) in [4.78, 5) is 0. The van der Waals surface area contributed by atoms with Crippen molar-refractivity contribution in [2.24, 2.45) is 0 Å². The first-order valence-corrected chi connectivity index (χ1v) is 6.66. The van der Waals surface area contributed by atoms with Gasteiger partial charge in [0.25, 0.3) is 0 Å². The highest BCUT2D eigenvalue weighted by molar-refractivity contribution is 6.30. The van der Waals surface area contributed by atoms with Crippen molar-refractivity contribution in [3.8, 4) is 6.07 Å². The maximum Gasteiger partial charge on any atom is 0.199 e. The normalized spacial score (nSPS) is 10.5. The fourth-order valence-electron chi connectivity index (χ4n) is 2.18. The molecule has 1 heterocycles. The van der Waals surface area contributed by atoms with Crippen LogP contribution in [0.25, 0.3) is 11.0 Å². The molecule has 0 saturated heterocycles. The van der Waals surface area contributed by atoms with E-state index in [9.17, 15) is 4.39 Å². The Morgan fingerprint density at radius 3 is 2.86 bits per heavy atom. The van der Waals surface area contributed by atoms with Crippen LogP contribution >= 0.6 is 11.6 Å². The van der Waals surface area contributed by atoms with Crippen molar-refractivity contribution >= 4 is 28.3 Å². The molecule has 2 aromatic carbocycles. The molecule has 0 fully saturated rings. The molecule has 0 bridgehead atoms. The van der Waals surface area contributed by atoms with Gasteiger partial charge in [0.2, 0.25) is 0 Å². The number of para-hydroxylation sites is 1. The molecule has 0 radical (unpaired) electrons. The maximum atomic E-state index is 13.1. The van der Waals surface area contributed by atoms with E-state index in [1.165, 1.54) is 18.2 Å². The van der Waals surface area contributed by atoms with Crippen LogP contribution < -0.4 is 5.32 Å². The molecule has 0 aliphatic carbocycles. The van der Waals surface area contributed by atoms with E-state index in [0.717, 1.165) is 10.9 Å². The second-order valence-electron chi connectivity index (χ2n) is 4.51. The summed E-state index contributed by atoms with van der Waals surface area (Å²) in [6, 6.07) is 13.5. The van der Waals surface area contributed by atoms with Gasteiger partial charge in [0.1, 0.15) is 17.5 Å². The van der Waals surface area contributed by atoms with Crippen molar-refractivity contribution in [1.82, 2.24) is 0 Å². The van der Waals surface area contributed by atoms with E-state index < -0.39 is 5.82 Å². The van der Waals surface area contributed by atoms with Crippen molar-refractivity contribution in [1.29, 1.82) is 5.26 Å². The maximum absolute atomic E-state index is 13.1. The van der Waals surface area contributed by atoms with Gasteiger partial charge in [-0.15, -0.1) is 0 Å². The predicted molar refractivity (Wildman–Crippen MR) is 79.7 cm³/mol. The summed E-state index contributed by atoms with van der Waals surface area (Å²) in [6.07, 6.45) is 0. The lowest BCUT2D eigenvalue weighted by molar-refractivity contribution is 0.613. The van der Waals surface area contributed by atoms with E-state index in [2.05, 4.69) is 5.32 Å². The molecular weight excluding hydrogens is 291 g/mol. The van der Waals surface area contributed by atoms with Gasteiger partial charge < -0.3 is 9.73 Å². The number of nitrogens with one attached hydrogen (secondary N) is 1. The second kappa shape index (κ2) is 5.47. The van der Waals surface area contributed by atoms with Gasteiger partial charge in [-0.2, -0.15) is 5.26 Å². The smallest absolute Gasteiger partial charge is 0.199 e. The summed E-state index contributed by atoms with van der Waals surface area (Å²) < 4.78 is 18.6. The number of nitrogens with zero attached hydrogens (tertiary/aromatic N) is 1. The largest absolute Gasteiger partial charge is 0.444 e. The van der Waals surface area contributed by atoms with Crippen LogP contribution in [-0.4, -0.2) is 0 Å². The molecule has 1 N–H and O–H groups in total. The Morgan fingerprint density at radius 1 is 1.24 bits per heavy atom. The lowest BCUT2D eigenvalue weighted by Crippen LogP contribution is -2.01. The summed E-state index contributed by atoms with van der Waals surface area (Å²) in [5, 5.41) is 13.3. The first-order chi connectivity index (χ1) is 10.2. The van der Waals surface area contributed by atoms with Crippen molar-refractivity contribution < 1.29 is 8.81 Å². The van der Waals surface area contributed by atoms with Crippen molar-refractivity contribution in [2.75, 3.05) is 5.32 Å². The molecule has 5 heteroatoms. The summed E-state index contributed by atoms with van der Waals surface area (Å²) in [7, 11) is 0. The minimum absolute atomic E-state index is 0.249. The third kappa shape index (κ3) is 2.56. The van der Waals surface area contributed by atoms with Crippen LogP contribution in [0.3, 0.4) is 0 Å². The van der Waals surface area contributed by atoms with Crippen LogP contribution in [0.15, 0.2) is 46.9 Å². The summed E-state index contributed by atoms with van der Waals surface area (Å²) in [5.41, 5.74) is 2.32. The highest BCUT2D eigenvalue weighted by Gasteiger charge is 2.12. The molecule has 1 aromatic heterocycles. The number of furan rings is 1. The number of hydrogen-bond acceptors (Lipinski definition) is 3. The zero-order valence-corrected chi connectivity index (χ0v) is 11.6. The van der Waals surface area contributed by atoms with E-state index in [0.29, 0.717) is 23.0 Å². The standard InChI is InChI=1S/C16H10ClFN2O/c17-16-13(12-3-1-2-4-15(12)21-16)9-20-14-6-5-11(18)7-10(14)8-19/h1-7,20H,9H2. The van der Waals surface area contributed by atoms with Gasteiger partial charge in [0.05, 0.1) is 11.3 Å². The number of fused-ring (bicyclic) bond motifs is 1. The summed E-state index contributed by atoms with van der Waals surface area (Å²) >= 11 is 6.10. The van der Waals surface area contributed by atoms with Crippen molar-refractivity contribution in [2.45, 2.75) is 6.54 Å². The molecule has 0 unspecified atom stereocenters. The van der Waals surface area contributed by atoms with Gasteiger partial charge in [-0.3, -0.25) is 0 Å². The van der Waals surface area contributed by atoms with Gasteiger partial charge in [-0.25, -0.2) is 4.39 Å². The molecule has 104 valence electrons. The van der Waals surface area contributed by atoms with E-state index in [-0.39, 0.29) is 5.56 Å². The lowest BCUT2D eigenvalue weighted by Gasteiger charge is -2.07. The number of hydrogen-bond donors (Lipinski definition) is 1. The van der Waals surface area contributed by atoms with Gasteiger partial charge >= 0.3 is 0 Å². The van der Waals surface area contributed by atoms with Crippen molar-refractivity contribution in [3.05, 3.63) is 64.6 Å².